The van der Waals surface area contributed by atoms with Gasteiger partial charge in [-0.25, -0.2) is 4.98 Å². The molecule has 2 N–H and O–H groups in total. The van der Waals surface area contributed by atoms with Crippen molar-refractivity contribution in [1.82, 2.24) is 9.88 Å². The highest BCUT2D eigenvalue weighted by Gasteiger charge is 2.11. The Morgan fingerprint density at radius 2 is 2.20 bits per heavy atom. The average Bonchev–Trinajstić information content (AvgIpc) is 2.15. The molecule has 1 amide bonds. The fourth-order valence-electron chi connectivity index (χ4n) is 1.48. The summed E-state index contributed by atoms with van der Waals surface area (Å²) in [4.78, 5) is 17.6. The zero-order chi connectivity index (χ0) is 11.4. The van der Waals surface area contributed by atoms with Crippen molar-refractivity contribution in [2.75, 3.05) is 19.3 Å². The maximum Gasteiger partial charge on any atom is 0.253 e. The first kappa shape index (κ1) is 11.5. The molecule has 1 rings (SSSR count). The lowest BCUT2D eigenvalue weighted by Crippen LogP contribution is -2.27. The number of carbonyl (C=O) groups is 1. The van der Waals surface area contributed by atoms with Gasteiger partial charge in [-0.05, 0) is 25.5 Å². The highest BCUT2D eigenvalue weighted by atomic mass is 16.2. The van der Waals surface area contributed by atoms with E-state index in [-0.39, 0.29) is 5.91 Å². The molecule has 0 bridgehead atoms. The zero-order valence-corrected chi connectivity index (χ0v) is 9.45. The highest BCUT2D eigenvalue weighted by molar-refractivity contribution is 5.94. The fourth-order valence-corrected chi connectivity index (χ4v) is 1.48. The van der Waals surface area contributed by atoms with E-state index in [1.807, 2.05) is 13.8 Å². The predicted octanol–water partition coefficient (Wildman–Crippen LogP) is 1.45. The number of nitrogen functional groups attached to an aromatic ring is 1. The van der Waals surface area contributed by atoms with Crippen LogP contribution in [0.3, 0.4) is 0 Å². The topological polar surface area (TPSA) is 59.2 Å². The molecule has 0 radical (unpaired) electrons. The molecule has 1 aromatic heterocycles. The van der Waals surface area contributed by atoms with Crippen LogP contribution >= 0.6 is 0 Å². The molecule has 4 nitrogen and oxygen atoms in total. The van der Waals surface area contributed by atoms with Crippen LogP contribution in [0.2, 0.25) is 0 Å². The Morgan fingerprint density at radius 3 is 2.73 bits per heavy atom. The van der Waals surface area contributed by atoms with Crippen molar-refractivity contribution < 1.29 is 4.79 Å². The van der Waals surface area contributed by atoms with Gasteiger partial charge in [0, 0.05) is 24.8 Å². The van der Waals surface area contributed by atoms with Gasteiger partial charge in [0.2, 0.25) is 0 Å². The number of hydrogen-bond acceptors (Lipinski definition) is 3. The van der Waals surface area contributed by atoms with E-state index in [9.17, 15) is 4.79 Å². The van der Waals surface area contributed by atoms with Crippen LogP contribution in [-0.4, -0.2) is 29.4 Å². The van der Waals surface area contributed by atoms with E-state index in [1.165, 1.54) is 0 Å². The quantitative estimate of drug-likeness (QED) is 0.816. The lowest BCUT2D eigenvalue weighted by Gasteiger charge is -2.16. The molecule has 0 fully saturated rings. The van der Waals surface area contributed by atoms with Crippen LogP contribution in [0, 0.1) is 6.92 Å². The standard InChI is InChI=1S/C11H17N3O/c1-4-5-14(3)11(15)9-6-8(2)13-10(12)7-9/h6-7H,4-5H2,1-3H3,(H2,12,13). The summed E-state index contributed by atoms with van der Waals surface area (Å²) in [5.74, 6) is 0.386. The molecular formula is C11H17N3O. The monoisotopic (exact) mass is 207 g/mol. The van der Waals surface area contributed by atoms with Gasteiger partial charge in [0.15, 0.2) is 0 Å². The molecule has 0 aromatic carbocycles. The minimum Gasteiger partial charge on any atom is -0.384 e. The number of amides is 1. The maximum absolute atomic E-state index is 11.9. The second-order valence-corrected chi connectivity index (χ2v) is 3.65. The van der Waals surface area contributed by atoms with Gasteiger partial charge in [0.25, 0.3) is 5.91 Å². The maximum atomic E-state index is 11.9. The Kier molecular flexibility index (Phi) is 3.66. The van der Waals surface area contributed by atoms with Gasteiger partial charge in [-0.2, -0.15) is 0 Å². The van der Waals surface area contributed by atoms with Crippen LogP contribution in [0.1, 0.15) is 29.4 Å². The van der Waals surface area contributed by atoms with E-state index in [0.717, 1.165) is 18.7 Å². The van der Waals surface area contributed by atoms with Crippen molar-refractivity contribution in [2.24, 2.45) is 0 Å². The van der Waals surface area contributed by atoms with Crippen molar-refractivity contribution in [1.29, 1.82) is 0 Å². The lowest BCUT2D eigenvalue weighted by atomic mass is 10.2. The SMILES string of the molecule is CCCN(C)C(=O)c1cc(C)nc(N)c1. The van der Waals surface area contributed by atoms with E-state index >= 15 is 0 Å². The minimum atomic E-state index is -0.00551. The van der Waals surface area contributed by atoms with Gasteiger partial charge in [0.1, 0.15) is 5.82 Å². The lowest BCUT2D eigenvalue weighted by molar-refractivity contribution is 0.0795. The Balaban J connectivity index is 2.90. The molecule has 0 atom stereocenters. The third kappa shape index (κ3) is 2.94. The van der Waals surface area contributed by atoms with Crippen LogP contribution in [0.25, 0.3) is 0 Å². The first-order chi connectivity index (χ1) is 7.04. The first-order valence-electron chi connectivity index (χ1n) is 5.04. The van der Waals surface area contributed by atoms with Crippen LogP contribution in [-0.2, 0) is 0 Å². The molecule has 82 valence electrons. The summed E-state index contributed by atoms with van der Waals surface area (Å²) in [6.07, 6.45) is 0.946. The summed E-state index contributed by atoms with van der Waals surface area (Å²) in [6.45, 7) is 4.61. The molecule has 15 heavy (non-hydrogen) atoms. The molecule has 0 saturated heterocycles. The molecule has 1 aromatic rings. The number of hydrogen-bond donors (Lipinski definition) is 1. The Morgan fingerprint density at radius 1 is 1.53 bits per heavy atom. The molecule has 0 aliphatic heterocycles. The van der Waals surface area contributed by atoms with Crippen LogP contribution < -0.4 is 5.73 Å². The van der Waals surface area contributed by atoms with Crippen molar-refractivity contribution in [2.45, 2.75) is 20.3 Å². The smallest absolute Gasteiger partial charge is 0.253 e. The van der Waals surface area contributed by atoms with E-state index < -0.39 is 0 Å². The van der Waals surface area contributed by atoms with Gasteiger partial charge >= 0.3 is 0 Å². The van der Waals surface area contributed by atoms with E-state index in [2.05, 4.69) is 4.98 Å². The third-order valence-electron chi connectivity index (χ3n) is 2.13. The number of aryl methyl sites for hydroxylation is 1. The minimum absolute atomic E-state index is 0.00551. The van der Waals surface area contributed by atoms with Gasteiger partial charge in [0.05, 0.1) is 0 Å². The molecule has 0 aliphatic carbocycles. The third-order valence-corrected chi connectivity index (χ3v) is 2.13. The van der Waals surface area contributed by atoms with E-state index in [1.54, 1.807) is 24.1 Å². The highest BCUT2D eigenvalue weighted by Crippen LogP contribution is 2.09. The number of anilines is 1. The van der Waals surface area contributed by atoms with E-state index in [0.29, 0.717) is 11.4 Å². The molecule has 0 aliphatic rings. The summed E-state index contributed by atoms with van der Waals surface area (Å²) in [7, 11) is 1.79. The van der Waals surface area contributed by atoms with Crippen molar-refractivity contribution >= 4 is 11.7 Å². The molecule has 1 heterocycles. The summed E-state index contributed by atoms with van der Waals surface area (Å²) in [6, 6.07) is 3.37. The average molecular weight is 207 g/mol. The zero-order valence-electron chi connectivity index (χ0n) is 9.45. The summed E-state index contributed by atoms with van der Waals surface area (Å²) in [5.41, 5.74) is 6.96. The Hall–Kier alpha value is -1.58. The van der Waals surface area contributed by atoms with Gasteiger partial charge in [-0.1, -0.05) is 6.92 Å². The van der Waals surface area contributed by atoms with Gasteiger partial charge < -0.3 is 10.6 Å². The number of pyridine rings is 1. The first-order valence-corrected chi connectivity index (χ1v) is 5.04. The number of rotatable bonds is 3. The van der Waals surface area contributed by atoms with E-state index in [4.69, 9.17) is 5.73 Å². The Labute approximate surface area is 90.1 Å². The van der Waals surface area contributed by atoms with Crippen molar-refractivity contribution in [3.05, 3.63) is 23.4 Å². The predicted molar refractivity (Wildman–Crippen MR) is 60.6 cm³/mol. The van der Waals surface area contributed by atoms with Crippen molar-refractivity contribution in [3.63, 3.8) is 0 Å². The summed E-state index contributed by atoms with van der Waals surface area (Å²) >= 11 is 0. The molecule has 4 heteroatoms. The van der Waals surface area contributed by atoms with Crippen LogP contribution in [0.15, 0.2) is 12.1 Å². The largest absolute Gasteiger partial charge is 0.384 e. The number of nitrogens with two attached hydrogens (primary N) is 1. The van der Waals surface area contributed by atoms with Gasteiger partial charge in [-0.3, -0.25) is 4.79 Å². The van der Waals surface area contributed by atoms with Crippen LogP contribution in [0.5, 0.6) is 0 Å². The summed E-state index contributed by atoms with van der Waals surface area (Å²) in [5, 5.41) is 0. The number of aromatic nitrogens is 1. The Bertz CT molecular complexity index is 343. The van der Waals surface area contributed by atoms with Gasteiger partial charge in [-0.15, -0.1) is 0 Å². The van der Waals surface area contributed by atoms with Crippen LogP contribution in [0.4, 0.5) is 5.82 Å². The molecular weight excluding hydrogens is 190 g/mol. The molecule has 0 saturated carbocycles. The normalized spacial score (nSPS) is 10.1. The summed E-state index contributed by atoms with van der Waals surface area (Å²) < 4.78 is 0. The van der Waals surface area contributed by atoms with Crippen molar-refractivity contribution in [3.8, 4) is 0 Å². The number of nitrogens with zero attached hydrogens (tertiary/aromatic N) is 2. The second-order valence-electron chi connectivity index (χ2n) is 3.65. The fraction of sp³-hybridized carbons (Fsp3) is 0.455. The number of carbonyl (C=O) groups excluding carboxylic acids is 1. The molecule has 0 unspecified atom stereocenters. The second kappa shape index (κ2) is 4.77. The molecule has 0 spiro atoms.